The van der Waals surface area contributed by atoms with Crippen molar-refractivity contribution in [1.82, 2.24) is 5.43 Å². The Morgan fingerprint density at radius 1 is 1.33 bits per heavy atom. The largest absolute Gasteiger partial charge is 0.305 e. The molecule has 0 saturated heterocycles. The second-order valence-corrected chi connectivity index (χ2v) is 4.71. The highest BCUT2D eigenvalue weighted by Crippen LogP contribution is 2.08. The van der Waals surface area contributed by atoms with Crippen LogP contribution in [0, 0.1) is 0 Å². The van der Waals surface area contributed by atoms with Gasteiger partial charge in [-0.3, -0.25) is 4.79 Å². The first-order valence-corrected chi connectivity index (χ1v) is 6.45. The number of pyridine rings is 1. The SMILES string of the molecule is C/C(=N\NC(=O)C[n+]1ccccc1)c1cccs1. The van der Waals surface area contributed by atoms with Gasteiger partial charge in [0.1, 0.15) is 0 Å². The molecule has 4 nitrogen and oxygen atoms in total. The van der Waals surface area contributed by atoms with Gasteiger partial charge < -0.3 is 0 Å². The molecular weight excluding hydrogens is 246 g/mol. The minimum absolute atomic E-state index is 0.137. The highest BCUT2D eigenvalue weighted by Gasteiger charge is 2.07. The average Bonchev–Trinajstić information content (AvgIpc) is 2.91. The van der Waals surface area contributed by atoms with Gasteiger partial charge in [-0.05, 0) is 18.4 Å². The van der Waals surface area contributed by atoms with Crippen LogP contribution < -0.4 is 9.99 Å². The van der Waals surface area contributed by atoms with E-state index in [1.54, 1.807) is 15.9 Å². The maximum absolute atomic E-state index is 11.7. The lowest BCUT2D eigenvalue weighted by Gasteiger charge is -1.98. The van der Waals surface area contributed by atoms with Crippen molar-refractivity contribution in [3.05, 3.63) is 53.0 Å². The van der Waals surface area contributed by atoms with Crippen LogP contribution in [-0.2, 0) is 11.3 Å². The minimum atomic E-state index is -0.137. The van der Waals surface area contributed by atoms with Gasteiger partial charge in [0.15, 0.2) is 12.4 Å². The summed E-state index contributed by atoms with van der Waals surface area (Å²) in [7, 11) is 0. The number of aromatic nitrogens is 1. The molecule has 2 aromatic heterocycles. The molecule has 0 aromatic carbocycles. The fourth-order valence-electron chi connectivity index (χ4n) is 1.43. The molecule has 0 aliphatic carbocycles. The van der Waals surface area contributed by atoms with Crippen molar-refractivity contribution >= 4 is 23.0 Å². The molecule has 0 aliphatic rings. The zero-order chi connectivity index (χ0) is 12.8. The topological polar surface area (TPSA) is 45.3 Å². The van der Waals surface area contributed by atoms with E-state index in [2.05, 4.69) is 10.5 Å². The second kappa shape index (κ2) is 6.07. The van der Waals surface area contributed by atoms with Gasteiger partial charge in [0.25, 0.3) is 0 Å². The molecule has 0 aliphatic heterocycles. The molecule has 1 N–H and O–H groups in total. The summed E-state index contributed by atoms with van der Waals surface area (Å²) in [5.74, 6) is -0.137. The lowest BCUT2D eigenvalue weighted by atomic mass is 10.3. The summed E-state index contributed by atoms with van der Waals surface area (Å²) < 4.78 is 1.80. The quantitative estimate of drug-likeness (QED) is 0.506. The van der Waals surface area contributed by atoms with E-state index in [9.17, 15) is 4.79 Å². The third kappa shape index (κ3) is 3.49. The molecule has 0 unspecified atom stereocenters. The number of rotatable bonds is 4. The molecule has 5 heteroatoms. The van der Waals surface area contributed by atoms with Gasteiger partial charge >= 0.3 is 5.91 Å². The molecule has 0 radical (unpaired) electrons. The Kier molecular flexibility index (Phi) is 4.20. The van der Waals surface area contributed by atoms with Crippen LogP contribution in [-0.4, -0.2) is 11.6 Å². The summed E-state index contributed by atoms with van der Waals surface area (Å²) in [5.41, 5.74) is 3.37. The molecule has 0 atom stereocenters. The van der Waals surface area contributed by atoms with Crippen LogP contribution in [0.1, 0.15) is 11.8 Å². The zero-order valence-corrected chi connectivity index (χ0v) is 10.9. The van der Waals surface area contributed by atoms with Gasteiger partial charge in [0.05, 0.1) is 5.71 Å². The van der Waals surface area contributed by atoms with E-state index in [1.165, 1.54) is 0 Å². The van der Waals surface area contributed by atoms with E-state index >= 15 is 0 Å². The highest BCUT2D eigenvalue weighted by atomic mass is 32.1. The van der Waals surface area contributed by atoms with Crippen molar-refractivity contribution in [3.63, 3.8) is 0 Å². The van der Waals surface area contributed by atoms with Crippen molar-refractivity contribution in [2.75, 3.05) is 0 Å². The predicted molar refractivity (Wildman–Crippen MR) is 71.3 cm³/mol. The monoisotopic (exact) mass is 260 g/mol. The average molecular weight is 260 g/mol. The Bertz CT molecular complexity index is 535. The first-order valence-electron chi connectivity index (χ1n) is 5.57. The number of nitrogens with one attached hydrogen (secondary N) is 1. The lowest BCUT2D eigenvalue weighted by molar-refractivity contribution is -0.684. The van der Waals surface area contributed by atoms with E-state index in [0.29, 0.717) is 0 Å². The molecule has 0 spiro atoms. The maximum Gasteiger partial charge on any atom is 0.305 e. The molecule has 92 valence electrons. The molecule has 0 bridgehead atoms. The Labute approximate surface area is 110 Å². The Balaban J connectivity index is 1.91. The van der Waals surface area contributed by atoms with E-state index in [0.717, 1.165) is 10.6 Å². The number of carbonyl (C=O) groups is 1. The van der Waals surface area contributed by atoms with Crippen molar-refractivity contribution in [1.29, 1.82) is 0 Å². The Morgan fingerprint density at radius 2 is 2.11 bits per heavy atom. The zero-order valence-electron chi connectivity index (χ0n) is 10.0. The highest BCUT2D eigenvalue weighted by molar-refractivity contribution is 7.12. The van der Waals surface area contributed by atoms with Gasteiger partial charge in [0, 0.05) is 17.0 Å². The molecule has 1 amide bonds. The number of carbonyl (C=O) groups excluding carboxylic acids is 1. The van der Waals surface area contributed by atoms with Crippen LogP contribution in [0.4, 0.5) is 0 Å². The maximum atomic E-state index is 11.7. The molecule has 0 fully saturated rings. The van der Waals surface area contributed by atoms with Crippen LogP contribution in [0.2, 0.25) is 0 Å². The summed E-state index contributed by atoms with van der Waals surface area (Å²) in [5, 5.41) is 6.06. The lowest BCUT2D eigenvalue weighted by Crippen LogP contribution is -2.41. The first-order chi connectivity index (χ1) is 8.75. The van der Waals surface area contributed by atoms with Gasteiger partial charge in [-0.2, -0.15) is 9.67 Å². The summed E-state index contributed by atoms with van der Waals surface area (Å²) >= 11 is 1.60. The fourth-order valence-corrected chi connectivity index (χ4v) is 2.10. The molecule has 2 heterocycles. The molecule has 2 rings (SSSR count). The molecule has 2 aromatic rings. The second-order valence-electron chi connectivity index (χ2n) is 3.76. The first kappa shape index (κ1) is 12.4. The van der Waals surface area contributed by atoms with Crippen molar-refractivity contribution in [2.45, 2.75) is 13.5 Å². The standard InChI is InChI=1S/C13H13N3OS/c1-11(12-6-5-9-18-12)14-15-13(17)10-16-7-3-2-4-8-16/h2-9H,10H2,1H3/p+1/b14-11+. The van der Waals surface area contributed by atoms with Gasteiger partial charge in [0.2, 0.25) is 6.54 Å². The summed E-state index contributed by atoms with van der Waals surface area (Å²) in [6.07, 6.45) is 3.69. The third-order valence-corrected chi connectivity index (χ3v) is 3.31. The van der Waals surface area contributed by atoms with Crippen LogP contribution in [0.3, 0.4) is 0 Å². The van der Waals surface area contributed by atoms with Crippen LogP contribution in [0.5, 0.6) is 0 Å². The minimum Gasteiger partial charge on any atom is -0.266 e. The Morgan fingerprint density at radius 3 is 2.78 bits per heavy atom. The van der Waals surface area contributed by atoms with Gasteiger partial charge in [-0.15, -0.1) is 11.3 Å². The normalized spacial score (nSPS) is 11.3. The summed E-state index contributed by atoms with van der Waals surface area (Å²) in [6, 6.07) is 9.61. The van der Waals surface area contributed by atoms with Crippen LogP contribution >= 0.6 is 11.3 Å². The van der Waals surface area contributed by atoms with Gasteiger partial charge in [-0.25, -0.2) is 5.43 Å². The van der Waals surface area contributed by atoms with E-state index in [4.69, 9.17) is 0 Å². The molecule has 0 saturated carbocycles. The fraction of sp³-hybridized carbons (Fsp3) is 0.154. The molecule has 18 heavy (non-hydrogen) atoms. The smallest absolute Gasteiger partial charge is 0.266 e. The van der Waals surface area contributed by atoms with Crippen LogP contribution in [0.15, 0.2) is 53.2 Å². The number of hydrazone groups is 1. The van der Waals surface area contributed by atoms with Crippen LogP contribution in [0.25, 0.3) is 0 Å². The molecular formula is C13H14N3OS+. The van der Waals surface area contributed by atoms with E-state index in [-0.39, 0.29) is 12.5 Å². The van der Waals surface area contributed by atoms with E-state index < -0.39 is 0 Å². The third-order valence-electron chi connectivity index (χ3n) is 2.33. The van der Waals surface area contributed by atoms with E-state index in [1.807, 2.05) is 55.0 Å². The van der Waals surface area contributed by atoms with Crippen molar-refractivity contribution in [3.8, 4) is 0 Å². The van der Waals surface area contributed by atoms with Crippen molar-refractivity contribution in [2.24, 2.45) is 5.10 Å². The number of nitrogens with zero attached hydrogens (tertiary/aromatic N) is 2. The predicted octanol–water partition coefficient (Wildman–Crippen LogP) is 1.58. The number of hydrogen-bond donors (Lipinski definition) is 1. The number of hydrogen-bond acceptors (Lipinski definition) is 3. The summed E-state index contributed by atoms with van der Waals surface area (Å²) in [6.45, 7) is 2.14. The summed E-state index contributed by atoms with van der Waals surface area (Å²) in [4.78, 5) is 12.7. The Hall–Kier alpha value is -2.01. The van der Waals surface area contributed by atoms with Crippen molar-refractivity contribution < 1.29 is 9.36 Å². The van der Waals surface area contributed by atoms with Gasteiger partial charge in [-0.1, -0.05) is 12.1 Å². The number of thiophene rings is 1. The number of amides is 1.